The van der Waals surface area contributed by atoms with Gasteiger partial charge in [-0.2, -0.15) is 0 Å². The summed E-state index contributed by atoms with van der Waals surface area (Å²) in [6.07, 6.45) is 6.89. The standard InChI is InChI=1S/C9H12/c1-9-6-2-3-7(9)5-8(9)4-6/h2,7-8H,3-5H2,1H3. The lowest BCUT2D eigenvalue weighted by molar-refractivity contribution is -0.0447. The zero-order chi connectivity index (χ0) is 6.06. The molecule has 2 fully saturated rings. The molecule has 0 spiro atoms. The molecule has 48 valence electrons. The van der Waals surface area contributed by atoms with Gasteiger partial charge in [-0.05, 0) is 36.5 Å². The highest BCUT2D eigenvalue weighted by Crippen LogP contribution is 2.71. The minimum Gasteiger partial charge on any atom is -0.0844 e. The van der Waals surface area contributed by atoms with Crippen molar-refractivity contribution >= 4 is 0 Å². The van der Waals surface area contributed by atoms with Gasteiger partial charge in [0.05, 0.1) is 0 Å². The van der Waals surface area contributed by atoms with Crippen molar-refractivity contribution in [2.45, 2.75) is 26.2 Å². The van der Waals surface area contributed by atoms with Crippen LogP contribution in [0.2, 0.25) is 0 Å². The maximum atomic E-state index is 2.49. The summed E-state index contributed by atoms with van der Waals surface area (Å²) >= 11 is 0. The lowest BCUT2D eigenvalue weighted by atomic mass is 9.43. The molecule has 0 aromatic heterocycles. The van der Waals surface area contributed by atoms with Gasteiger partial charge in [-0.1, -0.05) is 18.6 Å². The van der Waals surface area contributed by atoms with Gasteiger partial charge in [0.25, 0.3) is 0 Å². The molecule has 0 saturated heterocycles. The Morgan fingerprint density at radius 1 is 1.56 bits per heavy atom. The number of allylic oxidation sites excluding steroid dienone is 2. The van der Waals surface area contributed by atoms with E-state index in [2.05, 4.69) is 13.0 Å². The Kier molecular flexibility index (Phi) is 0.505. The summed E-state index contributed by atoms with van der Waals surface area (Å²) in [4.78, 5) is 0. The third-order valence-electron chi connectivity index (χ3n) is 4.07. The van der Waals surface area contributed by atoms with Crippen LogP contribution in [0.15, 0.2) is 11.6 Å². The van der Waals surface area contributed by atoms with Crippen LogP contribution in [0.4, 0.5) is 0 Å². The summed E-state index contributed by atoms with van der Waals surface area (Å²) in [6.45, 7) is 2.47. The molecule has 0 radical (unpaired) electrons. The fourth-order valence-corrected chi connectivity index (χ4v) is 3.11. The summed E-state index contributed by atoms with van der Waals surface area (Å²) in [5.41, 5.74) is 2.55. The molecule has 0 bridgehead atoms. The summed E-state index contributed by atoms with van der Waals surface area (Å²) in [5.74, 6) is 2.18. The van der Waals surface area contributed by atoms with E-state index in [4.69, 9.17) is 0 Å². The van der Waals surface area contributed by atoms with Gasteiger partial charge in [-0.15, -0.1) is 0 Å². The molecular weight excluding hydrogens is 108 g/mol. The third kappa shape index (κ3) is 0.270. The maximum absolute atomic E-state index is 2.49. The highest BCUT2D eigenvalue weighted by molar-refractivity contribution is 5.37. The fraction of sp³-hybridized carbons (Fsp3) is 0.778. The number of hydrogen-bond acceptors (Lipinski definition) is 0. The Morgan fingerprint density at radius 2 is 2.44 bits per heavy atom. The monoisotopic (exact) mass is 120 g/mol. The molecule has 3 rings (SSSR count). The molecule has 0 aliphatic heterocycles. The average Bonchev–Trinajstić information content (AvgIpc) is 2.20. The van der Waals surface area contributed by atoms with Crippen LogP contribution < -0.4 is 0 Å². The first-order valence-corrected chi connectivity index (χ1v) is 4.01. The average molecular weight is 120 g/mol. The smallest absolute Gasteiger partial charge is 0.00536 e. The van der Waals surface area contributed by atoms with Crippen molar-refractivity contribution in [1.82, 2.24) is 0 Å². The van der Waals surface area contributed by atoms with Crippen LogP contribution in [0.5, 0.6) is 0 Å². The molecule has 0 nitrogen and oxygen atoms in total. The summed E-state index contributed by atoms with van der Waals surface area (Å²) in [5, 5.41) is 0. The molecule has 3 aliphatic rings. The number of rotatable bonds is 0. The third-order valence-corrected chi connectivity index (χ3v) is 4.07. The topological polar surface area (TPSA) is 0 Å². The Bertz CT molecular complexity index is 202. The molecule has 0 heteroatoms. The summed E-state index contributed by atoms with van der Waals surface area (Å²) < 4.78 is 0. The van der Waals surface area contributed by atoms with Crippen LogP contribution >= 0.6 is 0 Å². The molecule has 0 heterocycles. The summed E-state index contributed by atoms with van der Waals surface area (Å²) in [6, 6.07) is 0. The van der Waals surface area contributed by atoms with E-state index in [9.17, 15) is 0 Å². The highest BCUT2D eigenvalue weighted by atomic mass is 14.7. The van der Waals surface area contributed by atoms with Crippen molar-refractivity contribution < 1.29 is 0 Å². The molecule has 2 saturated carbocycles. The highest BCUT2D eigenvalue weighted by Gasteiger charge is 2.62. The molecular formula is C9H12. The van der Waals surface area contributed by atoms with Crippen LogP contribution in [0.25, 0.3) is 0 Å². The first kappa shape index (κ1) is 4.54. The van der Waals surface area contributed by atoms with Gasteiger partial charge in [-0.3, -0.25) is 0 Å². The normalized spacial score (nSPS) is 59.4. The molecule has 9 heavy (non-hydrogen) atoms. The largest absolute Gasteiger partial charge is 0.0844 e. The van der Waals surface area contributed by atoms with Crippen molar-refractivity contribution in [1.29, 1.82) is 0 Å². The molecule has 3 unspecified atom stereocenters. The van der Waals surface area contributed by atoms with Gasteiger partial charge in [0.15, 0.2) is 0 Å². The molecule has 3 aliphatic carbocycles. The molecule has 0 N–H and O–H groups in total. The second-order valence-corrected chi connectivity index (χ2v) is 4.08. The van der Waals surface area contributed by atoms with Crippen molar-refractivity contribution in [2.75, 3.05) is 0 Å². The van der Waals surface area contributed by atoms with Crippen LogP contribution in [-0.4, -0.2) is 0 Å². The minimum absolute atomic E-state index is 0.750. The summed E-state index contributed by atoms with van der Waals surface area (Å²) in [7, 11) is 0. The van der Waals surface area contributed by atoms with Gasteiger partial charge in [0, 0.05) is 0 Å². The quantitative estimate of drug-likeness (QED) is 0.430. The predicted molar refractivity (Wildman–Crippen MR) is 37.0 cm³/mol. The second kappa shape index (κ2) is 1.00. The van der Waals surface area contributed by atoms with E-state index >= 15 is 0 Å². The van der Waals surface area contributed by atoms with Crippen LogP contribution in [-0.2, 0) is 0 Å². The van der Waals surface area contributed by atoms with Crippen LogP contribution in [0.3, 0.4) is 0 Å². The van der Waals surface area contributed by atoms with Crippen LogP contribution in [0.1, 0.15) is 26.2 Å². The molecule has 3 atom stereocenters. The Hall–Kier alpha value is -0.260. The Balaban J connectivity index is 2.13. The first-order chi connectivity index (χ1) is 4.32. The van der Waals surface area contributed by atoms with Crippen molar-refractivity contribution in [3.63, 3.8) is 0 Å². The number of hydrogen-bond donors (Lipinski definition) is 0. The zero-order valence-electron chi connectivity index (χ0n) is 5.85. The predicted octanol–water partition coefficient (Wildman–Crippen LogP) is 2.36. The van der Waals surface area contributed by atoms with E-state index in [0.717, 1.165) is 17.3 Å². The van der Waals surface area contributed by atoms with E-state index in [0.29, 0.717) is 0 Å². The fourth-order valence-electron chi connectivity index (χ4n) is 3.11. The van der Waals surface area contributed by atoms with Gasteiger partial charge in [-0.25, -0.2) is 0 Å². The zero-order valence-corrected chi connectivity index (χ0v) is 5.85. The van der Waals surface area contributed by atoms with E-state index in [1.807, 2.05) is 0 Å². The Labute approximate surface area is 56.0 Å². The molecule has 0 aromatic carbocycles. The van der Waals surface area contributed by atoms with Gasteiger partial charge < -0.3 is 0 Å². The van der Waals surface area contributed by atoms with Gasteiger partial charge in [0.1, 0.15) is 0 Å². The lowest BCUT2D eigenvalue weighted by Gasteiger charge is -2.61. The van der Waals surface area contributed by atoms with Gasteiger partial charge in [0.2, 0.25) is 0 Å². The Morgan fingerprint density at radius 3 is 3.00 bits per heavy atom. The van der Waals surface area contributed by atoms with E-state index in [1.54, 1.807) is 5.57 Å². The van der Waals surface area contributed by atoms with E-state index in [-0.39, 0.29) is 0 Å². The van der Waals surface area contributed by atoms with Crippen molar-refractivity contribution in [3.8, 4) is 0 Å². The van der Waals surface area contributed by atoms with E-state index < -0.39 is 0 Å². The molecule has 0 amide bonds. The minimum atomic E-state index is 0.750. The van der Waals surface area contributed by atoms with Gasteiger partial charge >= 0.3 is 0 Å². The molecule has 0 aromatic rings. The van der Waals surface area contributed by atoms with Crippen LogP contribution in [0, 0.1) is 17.3 Å². The van der Waals surface area contributed by atoms with E-state index in [1.165, 1.54) is 19.3 Å². The second-order valence-electron chi connectivity index (χ2n) is 4.08. The van der Waals surface area contributed by atoms with Crippen molar-refractivity contribution in [3.05, 3.63) is 11.6 Å². The SMILES string of the molecule is CC12C3=CCC1CC2C3. The first-order valence-electron chi connectivity index (χ1n) is 4.01. The maximum Gasteiger partial charge on any atom is -0.00536 e. The van der Waals surface area contributed by atoms with Crippen molar-refractivity contribution in [2.24, 2.45) is 17.3 Å². The lowest BCUT2D eigenvalue weighted by Crippen LogP contribution is -2.53.